The number of nitrogens with one attached hydrogen (secondary N) is 1. The van der Waals surface area contributed by atoms with Crippen LogP contribution in [0.25, 0.3) is 0 Å². The Bertz CT molecular complexity index is 427. The molecule has 5 heteroatoms. The number of piperidine rings is 1. The number of thioether (sulfide) groups is 1. The Morgan fingerprint density at radius 1 is 1.45 bits per heavy atom. The topological polar surface area (TPSA) is 45.2 Å². The van der Waals surface area contributed by atoms with Crippen LogP contribution < -0.4 is 5.32 Å². The minimum absolute atomic E-state index is 0.111. The maximum absolute atomic E-state index is 12.3. The molecule has 1 saturated heterocycles. The molecule has 0 radical (unpaired) electrons. The summed E-state index contributed by atoms with van der Waals surface area (Å²) in [5.74, 6) is 2.73. The van der Waals surface area contributed by atoms with Gasteiger partial charge in [-0.05, 0) is 37.1 Å². The molecule has 110 valence electrons. The van der Waals surface area contributed by atoms with Crippen LogP contribution in [0.5, 0.6) is 0 Å². The molecule has 1 aliphatic heterocycles. The van der Waals surface area contributed by atoms with E-state index in [1.165, 1.54) is 0 Å². The molecule has 2 rings (SSSR count). The van der Waals surface area contributed by atoms with Crippen LogP contribution in [0.4, 0.5) is 5.82 Å². The Morgan fingerprint density at radius 2 is 2.20 bits per heavy atom. The van der Waals surface area contributed by atoms with Gasteiger partial charge in [-0.25, -0.2) is 4.98 Å². The van der Waals surface area contributed by atoms with Crippen LogP contribution in [0.2, 0.25) is 0 Å². The van der Waals surface area contributed by atoms with Crippen molar-refractivity contribution >= 4 is 23.5 Å². The van der Waals surface area contributed by atoms with Crippen LogP contribution in [0, 0.1) is 5.92 Å². The molecule has 0 unspecified atom stereocenters. The number of amides is 1. The van der Waals surface area contributed by atoms with Crippen molar-refractivity contribution in [2.75, 3.05) is 37.0 Å². The molecule has 0 bridgehead atoms. The zero-order valence-electron chi connectivity index (χ0n) is 12.3. The molecule has 1 N–H and O–H groups in total. The van der Waals surface area contributed by atoms with Gasteiger partial charge in [-0.15, -0.1) is 0 Å². The van der Waals surface area contributed by atoms with E-state index in [4.69, 9.17) is 0 Å². The minimum Gasteiger partial charge on any atom is -0.369 e. The molecule has 1 fully saturated rings. The van der Waals surface area contributed by atoms with Gasteiger partial charge in [-0.3, -0.25) is 4.79 Å². The third kappa shape index (κ3) is 4.13. The number of hydrogen-bond donors (Lipinski definition) is 1. The first-order chi connectivity index (χ1) is 9.70. The highest BCUT2D eigenvalue weighted by Gasteiger charge is 2.21. The van der Waals surface area contributed by atoms with Crippen LogP contribution >= 0.6 is 11.8 Å². The number of rotatable bonds is 5. The Balaban J connectivity index is 1.90. The highest BCUT2D eigenvalue weighted by Crippen LogP contribution is 2.18. The molecule has 2 heterocycles. The van der Waals surface area contributed by atoms with E-state index in [0.29, 0.717) is 5.56 Å². The van der Waals surface area contributed by atoms with Crippen LogP contribution in [-0.2, 0) is 0 Å². The Morgan fingerprint density at radius 3 is 2.80 bits per heavy atom. The van der Waals surface area contributed by atoms with E-state index in [1.54, 1.807) is 18.0 Å². The van der Waals surface area contributed by atoms with Gasteiger partial charge in [-0.1, -0.05) is 6.92 Å². The lowest BCUT2D eigenvalue weighted by molar-refractivity contribution is 0.0697. The smallest absolute Gasteiger partial charge is 0.255 e. The van der Waals surface area contributed by atoms with Crippen LogP contribution in [-0.4, -0.2) is 47.4 Å². The summed E-state index contributed by atoms with van der Waals surface area (Å²) in [7, 11) is 0. The van der Waals surface area contributed by atoms with Gasteiger partial charge < -0.3 is 10.2 Å². The summed E-state index contributed by atoms with van der Waals surface area (Å²) in [6, 6.07) is 3.76. The van der Waals surface area contributed by atoms with Gasteiger partial charge in [0.15, 0.2) is 0 Å². The molecule has 1 aromatic rings. The maximum atomic E-state index is 12.3. The van der Waals surface area contributed by atoms with Crippen molar-refractivity contribution in [3.63, 3.8) is 0 Å². The number of nitrogens with zero attached hydrogens (tertiary/aromatic N) is 2. The van der Waals surface area contributed by atoms with E-state index in [1.807, 2.05) is 17.0 Å². The molecule has 20 heavy (non-hydrogen) atoms. The molecule has 1 amide bonds. The highest BCUT2D eigenvalue weighted by atomic mass is 32.2. The van der Waals surface area contributed by atoms with E-state index in [0.717, 1.165) is 50.0 Å². The number of likely N-dealkylation sites (tertiary alicyclic amines) is 1. The predicted molar refractivity (Wildman–Crippen MR) is 85.4 cm³/mol. The number of anilines is 1. The lowest BCUT2D eigenvalue weighted by atomic mass is 9.99. The van der Waals surface area contributed by atoms with Gasteiger partial charge in [0.1, 0.15) is 5.82 Å². The number of carbonyl (C=O) groups is 1. The summed E-state index contributed by atoms with van der Waals surface area (Å²) in [5.41, 5.74) is 0.690. The Labute approximate surface area is 125 Å². The molecule has 1 aliphatic rings. The third-order valence-electron chi connectivity index (χ3n) is 3.69. The number of pyridine rings is 1. The van der Waals surface area contributed by atoms with Crippen LogP contribution in [0.15, 0.2) is 18.3 Å². The fraction of sp³-hybridized carbons (Fsp3) is 0.600. The van der Waals surface area contributed by atoms with Crippen LogP contribution in [0.3, 0.4) is 0 Å². The summed E-state index contributed by atoms with van der Waals surface area (Å²) in [5, 5.41) is 3.24. The van der Waals surface area contributed by atoms with E-state index in [2.05, 4.69) is 23.5 Å². The summed E-state index contributed by atoms with van der Waals surface area (Å²) in [4.78, 5) is 18.6. The van der Waals surface area contributed by atoms with E-state index < -0.39 is 0 Å². The van der Waals surface area contributed by atoms with E-state index in [-0.39, 0.29) is 5.91 Å². The van der Waals surface area contributed by atoms with Gasteiger partial charge in [0.25, 0.3) is 5.91 Å². The molecule has 0 aliphatic carbocycles. The molecule has 1 aromatic heterocycles. The first-order valence-electron chi connectivity index (χ1n) is 7.19. The second kappa shape index (κ2) is 7.53. The van der Waals surface area contributed by atoms with Gasteiger partial charge in [-0.2, -0.15) is 11.8 Å². The summed E-state index contributed by atoms with van der Waals surface area (Å²) in [6.45, 7) is 4.88. The maximum Gasteiger partial charge on any atom is 0.255 e. The molecular formula is C15H23N3OS. The first kappa shape index (κ1) is 15.2. The lowest BCUT2D eigenvalue weighted by Crippen LogP contribution is -2.37. The number of carbonyl (C=O) groups excluding carboxylic acids is 1. The summed E-state index contributed by atoms with van der Waals surface area (Å²) < 4.78 is 0. The minimum atomic E-state index is 0.111. The van der Waals surface area contributed by atoms with E-state index >= 15 is 0 Å². The lowest BCUT2D eigenvalue weighted by Gasteiger charge is -2.30. The van der Waals surface area contributed by atoms with Crippen molar-refractivity contribution in [1.82, 2.24) is 9.88 Å². The van der Waals surface area contributed by atoms with Crippen molar-refractivity contribution in [1.29, 1.82) is 0 Å². The molecule has 0 saturated carbocycles. The molecule has 4 nitrogen and oxygen atoms in total. The SMILES string of the molecule is CSCCNc1ccc(C(=O)N2CCC(C)CC2)cn1. The van der Waals surface area contributed by atoms with Crippen LogP contribution in [0.1, 0.15) is 30.1 Å². The van der Waals surface area contributed by atoms with Crippen molar-refractivity contribution in [2.24, 2.45) is 5.92 Å². The van der Waals surface area contributed by atoms with Gasteiger partial charge in [0, 0.05) is 31.6 Å². The predicted octanol–water partition coefficient (Wildman–Crippen LogP) is 2.73. The summed E-state index contributed by atoms with van der Waals surface area (Å²) >= 11 is 1.80. The zero-order chi connectivity index (χ0) is 14.4. The second-order valence-electron chi connectivity index (χ2n) is 5.33. The third-order valence-corrected chi connectivity index (χ3v) is 4.31. The normalized spacial score (nSPS) is 16.2. The van der Waals surface area contributed by atoms with Gasteiger partial charge in [0.05, 0.1) is 5.56 Å². The van der Waals surface area contributed by atoms with Crippen molar-refractivity contribution in [3.8, 4) is 0 Å². The van der Waals surface area contributed by atoms with E-state index in [9.17, 15) is 4.79 Å². The van der Waals surface area contributed by atoms with Gasteiger partial charge >= 0.3 is 0 Å². The van der Waals surface area contributed by atoms with Crippen molar-refractivity contribution in [3.05, 3.63) is 23.9 Å². The number of aromatic nitrogens is 1. The zero-order valence-corrected chi connectivity index (χ0v) is 13.1. The fourth-order valence-corrected chi connectivity index (χ4v) is 2.61. The molecule has 0 aromatic carbocycles. The second-order valence-corrected chi connectivity index (χ2v) is 6.31. The molecular weight excluding hydrogens is 270 g/mol. The highest BCUT2D eigenvalue weighted by molar-refractivity contribution is 7.98. The molecule has 0 atom stereocenters. The summed E-state index contributed by atoms with van der Waals surface area (Å²) in [6.07, 6.45) is 5.97. The fourth-order valence-electron chi connectivity index (χ4n) is 2.30. The average Bonchev–Trinajstić information content (AvgIpc) is 2.48. The Kier molecular flexibility index (Phi) is 5.71. The molecule has 0 spiro atoms. The monoisotopic (exact) mass is 293 g/mol. The average molecular weight is 293 g/mol. The first-order valence-corrected chi connectivity index (χ1v) is 8.58. The Hall–Kier alpha value is -1.23. The quantitative estimate of drug-likeness (QED) is 0.848. The van der Waals surface area contributed by atoms with Gasteiger partial charge in [0.2, 0.25) is 0 Å². The van der Waals surface area contributed by atoms with Crippen molar-refractivity contribution < 1.29 is 4.79 Å². The van der Waals surface area contributed by atoms with Crippen molar-refractivity contribution in [2.45, 2.75) is 19.8 Å². The standard InChI is InChI=1S/C15H23N3OS/c1-12-5-8-18(9-6-12)15(19)13-3-4-14(17-11-13)16-7-10-20-2/h3-4,11-12H,5-10H2,1-2H3,(H,16,17). The number of hydrogen-bond acceptors (Lipinski definition) is 4. The largest absolute Gasteiger partial charge is 0.369 e.